The molecule has 37 heavy (non-hydrogen) atoms. The van der Waals surface area contributed by atoms with Crippen LogP contribution in [0.3, 0.4) is 0 Å². The maximum atomic E-state index is 12.5. The maximum absolute atomic E-state index is 12.5. The van der Waals surface area contributed by atoms with E-state index in [1.807, 2.05) is 42.6 Å². The van der Waals surface area contributed by atoms with Gasteiger partial charge in [-0.3, -0.25) is 4.79 Å². The molecule has 4 aromatic rings. The zero-order valence-corrected chi connectivity index (χ0v) is 21.7. The summed E-state index contributed by atoms with van der Waals surface area (Å²) in [5.74, 6) is -0.0457. The molecule has 1 aromatic carbocycles. The van der Waals surface area contributed by atoms with Crippen molar-refractivity contribution in [3.8, 4) is 0 Å². The number of fused-ring (bicyclic) bond motifs is 1. The number of thiophene rings is 1. The van der Waals surface area contributed by atoms with Crippen LogP contribution in [-0.4, -0.2) is 65.9 Å². The minimum atomic E-state index is -1.20. The zero-order valence-electron chi connectivity index (χ0n) is 20.1. The predicted octanol–water partition coefficient (Wildman–Crippen LogP) is 2.82. The molecule has 3 heterocycles. The van der Waals surface area contributed by atoms with Crippen LogP contribution in [0.2, 0.25) is 0 Å². The summed E-state index contributed by atoms with van der Waals surface area (Å²) in [7, 11) is 0. The minimum absolute atomic E-state index is 0.214. The molecule has 1 amide bonds. The Morgan fingerprint density at radius 1 is 1.14 bits per heavy atom. The number of nitrogens with one attached hydrogen (secondary N) is 2. The number of carbonyl (C=O) groups excluding carboxylic acids is 1. The van der Waals surface area contributed by atoms with Gasteiger partial charge in [-0.05, 0) is 48.5 Å². The van der Waals surface area contributed by atoms with Crippen LogP contribution in [0.5, 0.6) is 0 Å². The average Bonchev–Trinajstić information content (AvgIpc) is 3.19. The molecule has 6 atom stereocenters. The number of carbonyl (C=O) groups is 1. The fourth-order valence-electron chi connectivity index (χ4n) is 5.01. The second-order valence-electron chi connectivity index (χ2n) is 9.38. The Morgan fingerprint density at radius 2 is 1.97 bits per heavy atom. The summed E-state index contributed by atoms with van der Waals surface area (Å²) in [5.41, 5.74) is 2.24. The quantitative estimate of drug-likeness (QED) is 0.250. The highest BCUT2D eigenvalue weighted by atomic mass is 32.2. The topological polar surface area (TPSA) is 138 Å². The highest BCUT2D eigenvalue weighted by Gasteiger charge is 2.47. The number of benzene rings is 1. The van der Waals surface area contributed by atoms with Gasteiger partial charge in [-0.2, -0.15) is 0 Å². The minimum Gasteiger partial charge on any atom is -0.390 e. The third-order valence-corrected chi connectivity index (χ3v) is 8.89. The van der Waals surface area contributed by atoms with Crippen LogP contribution in [0.1, 0.15) is 37.3 Å². The molecule has 2 saturated carbocycles. The highest BCUT2D eigenvalue weighted by molar-refractivity contribution is 8.01. The summed E-state index contributed by atoms with van der Waals surface area (Å²) in [6, 6.07) is 13.9. The van der Waals surface area contributed by atoms with Gasteiger partial charge < -0.3 is 20.8 Å². The number of rotatable bonds is 8. The van der Waals surface area contributed by atoms with Crippen LogP contribution in [0.25, 0.3) is 11.2 Å². The molecule has 0 aliphatic heterocycles. The normalized spacial score (nSPS) is 26.9. The van der Waals surface area contributed by atoms with E-state index in [9.17, 15) is 15.0 Å². The van der Waals surface area contributed by atoms with Crippen molar-refractivity contribution in [1.29, 1.82) is 0 Å². The number of aliphatic hydroxyl groups excluding tert-OH is 2. The fourth-order valence-corrected chi connectivity index (χ4v) is 6.63. The van der Waals surface area contributed by atoms with Crippen molar-refractivity contribution in [3.63, 3.8) is 0 Å². The third kappa shape index (κ3) is 4.70. The smallest absolute Gasteiger partial charge is 0.225 e. The molecule has 2 fully saturated rings. The van der Waals surface area contributed by atoms with Gasteiger partial charge in [0.15, 0.2) is 22.1 Å². The van der Waals surface area contributed by atoms with Gasteiger partial charge in [0.2, 0.25) is 5.91 Å². The molecule has 3 aromatic heterocycles. The molecule has 0 spiro atoms. The zero-order chi connectivity index (χ0) is 25.5. The molecule has 6 rings (SSSR count). The Kier molecular flexibility index (Phi) is 6.57. The molecule has 0 radical (unpaired) electrons. The molecule has 2 unspecified atom stereocenters. The Morgan fingerprint density at radius 3 is 2.73 bits per heavy atom. The lowest BCUT2D eigenvalue weighted by Crippen LogP contribution is -2.38. The van der Waals surface area contributed by atoms with Crippen LogP contribution in [0.4, 0.5) is 5.82 Å². The molecule has 192 valence electrons. The molecule has 0 saturated heterocycles. The number of amides is 1. The SMILES string of the molecule is CCNC(=O)[C@@H]1C[C@H](n2nnc3c(NC4CC4c4ccccc4)nc(Sc4cccs4)nc32)[C@@H](O)[C@H]1O. The van der Waals surface area contributed by atoms with Gasteiger partial charge in [0.05, 0.1) is 22.3 Å². The molecule has 2 aliphatic rings. The van der Waals surface area contributed by atoms with Gasteiger partial charge in [-0.15, -0.1) is 16.4 Å². The number of aromatic nitrogens is 5. The van der Waals surface area contributed by atoms with Crippen molar-refractivity contribution in [2.45, 2.75) is 59.3 Å². The Bertz CT molecular complexity index is 1400. The molecular formula is C25H27N7O3S2. The van der Waals surface area contributed by atoms with Crippen molar-refractivity contribution < 1.29 is 15.0 Å². The number of anilines is 1. The first-order valence-corrected chi connectivity index (χ1v) is 14.0. The second kappa shape index (κ2) is 10.0. The van der Waals surface area contributed by atoms with Crippen LogP contribution in [-0.2, 0) is 4.79 Å². The molecular weight excluding hydrogens is 510 g/mol. The second-order valence-corrected chi connectivity index (χ2v) is 11.6. The molecule has 2 aliphatic carbocycles. The maximum Gasteiger partial charge on any atom is 0.225 e. The molecule has 10 nitrogen and oxygen atoms in total. The van der Waals surface area contributed by atoms with Gasteiger partial charge in [0.1, 0.15) is 6.10 Å². The van der Waals surface area contributed by atoms with Crippen molar-refractivity contribution in [2.24, 2.45) is 5.92 Å². The average molecular weight is 538 g/mol. The van der Waals surface area contributed by atoms with Crippen LogP contribution >= 0.6 is 23.1 Å². The van der Waals surface area contributed by atoms with Gasteiger partial charge in [0.25, 0.3) is 0 Å². The lowest BCUT2D eigenvalue weighted by Gasteiger charge is -2.17. The number of aliphatic hydroxyl groups is 2. The monoisotopic (exact) mass is 537 g/mol. The number of hydrogen-bond donors (Lipinski definition) is 4. The number of hydrogen-bond acceptors (Lipinski definition) is 10. The van der Waals surface area contributed by atoms with E-state index in [0.717, 1.165) is 10.6 Å². The van der Waals surface area contributed by atoms with E-state index in [-0.39, 0.29) is 18.4 Å². The lowest BCUT2D eigenvalue weighted by molar-refractivity contribution is -0.128. The summed E-state index contributed by atoms with van der Waals surface area (Å²) >= 11 is 3.05. The molecule has 0 bridgehead atoms. The van der Waals surface area contributed by atoms with Gasteiger partial charge in [-0.1, -0.05) is 41.6 Å². The first-order chi connectivity index (χ1) is 18.0. The van der Waals surface area contributed by atoms with Crippen molar-refractivity contribution in [1.82, 2.24) is 30.3 Å². The Balaban J connectivity index is 1.34. The first kappa shape index (κ1) is 24.3. The summed E-state index contributed by atoms with van der Waals surface area (Å²) < 4.78 is 2.58. The van der Waals surface area contributed by atoms with E-state index in [1.54, 1.807) is 11.3 Å². The van der Waals surface area contributed by atoms with Crippen LogP contribution in [0, 0.1) is 5.92 Å². The van der Waals surface area contributed by atoms with E-state index >= 15 is 0 Å². The fraction of sp³-hybridized carbons (Fsp3) is 0.400. The van der Waals surface area contributed by atoms with E-state index < -0.39 is 24.2 Å². The molecule has 4 N–H and O–H groups in total. The van der Waals surface area contributed by atoms with Crippen LogP contribution < -0.4 is 10.6 Å². The van der Waals surface area contributed by atoms with Crippen LogP contribution in [0.15, 0.2) is 57.2 Å². The van der Waals surface area contributed by atoms with E-state index in [4.69, 9.17) is 9.97 Å². The third-order valence-electron chi connectivity index (χ3n) is 6.98. The Labute approximate surface area is 221 Å². The van der Waals surface area contributed by atoms with Gasteiger partial charge in [0, 0.05) is 18.5 Å². The first-order valence-electron chi connectivity index (χ1n) is 12.3. The van der Waals surface area contributed by atoms with Gasteiger partial charge >= 0.3 is 0 Å². The summed E-state index contributed by atoms with van der Waals surface area (Å²) in [6.07, 6.45) is -1.17. The summed E-state index contributed by atoms with van der Waals surface area (Å²) in [5, 5.41) is 39.0. The number of nitrogens with zero attached hydrogens (tertiary/aromatic N) is 5. The standard InChI is InChI=1S/C25H27N7O3S2/c1-2-26-24(35)15-12-17(21(34)20(15)33)32-23-19(30-31-32)22(28-25(29-23)37-18-9-6-10-36-18)27-16-11-14(16)13-7-4-3-5-8-13/h3-10,14-17,20-21,33-34H,2,11-12H2,1H3,(H,26,35)(H,27,28,29)/t14?,15-,16?,17+,20+,21-/m1/s1. The largest absolute Gasteiger partial charge is 0.390 e. The van der Waals surface area contributed by atoms with Crippen molar-refractivity contribution in [3.05, 3.63) is 53.4 Å². The van der Waals surface area contributed by atoms with Gasteiger partial charge in [-0.25, -0.2) is 14.6 Å². The summed E-state index contributed by atoms with van der Waals surface area (Å²) in [6.45, 7) is 2.27. The molecule has 12 heteroatoms. The van der Waals surface area contributed by atoms with E-state index in [1.165, 1.54) is 22.0 Å². The van der Waals surface area contributed by atoms with Crippen molar-refractivity contribution >= 4 is 46.0 Å². The van der Waals surface area contributed by atoms with Crippen molar-refractivity contribution in [2.75, 3.05) is 11.9 Å². The predicted molar refractivity (Wildman–Crippen MR) is 141 cm³/mol. The summed E-state index contributed by atoms with van der Waals surface area (Å²) in [4.78, 5) is 22.0. The van der Waals surface area contributed by atoms with E-state index in [0.29, 0.717) is 34.6 Å². The van der Waals surface area contributed by atoms with E-state index in [2.05, 4.69) is 33.1 Å². The Hall–Kier alpha value is -3.06. The highest BCUT2D eigenvalue weighted by Crippen LogP contribution is 2.44. The lowest BCUT2D eigenvalue weighted by atomic mass is 10.0.